The van der Waals surface area contributed by atoms with Crippen LogP contribution in [0.25, 0.3) is 0 Å². The van der Waals surface area contributed by atoms with Crippen molar-refractivity contribution in [3.63, 3.8) is 0 Å². The number of amides is 1. The summed E-state index contributed by atoms with van der Waals surface area (Å²) in [5, 5.41) is 7.11. The normalized spacial score (nSPS) is 21.7. The molecule has 0 bridgehead atoms. The molecule has 1 aliphatic heterocycles. The number of hydrogen-bond acceptors (Lipinski definition) is 2. The van der Waals surface area contributed by atoms with E-state index in [0.29, 0.717) is 5.02 Å². The summed E-state index contributed by atoms with van der Waals surface area (Å²) >= 11 is 6.22. The zero-order chi connectivity index (χ0) is 12.6. The Hall–Kier alpha value is -1.22. The molecule has 1 aromatic carbocycles. The van der Waals surface area contributed by atoms with Crippen molar-refractivity contribution in [1.29, 1.82) is 0 Å². The lowest BCUT2D eigenvalue weighted by molar-refractivity contribution is -0.121. The second-order valence-electron chi connectivity index (χ2n) is 5.24. The molecule has 2 aliphatic rings. The van der Waals surface area contributed by atoms with Crippen molar-refractivity contribution in [2.45, 2.75) is 44.1 Å². The number of carbonyl (C=O) groups excluding carboxylic acids is 1. The molecule has 1 heterocycles. The number of hydrogen-bond donors (Lipinski definition) is 2. The molecule has 3 rings (SSSR count). The molecule has 0 unspecified atom stereocenters. The molecule has 1 fully saturated rings. The van der Waals surface area contributed by atoms with E-state index >= 15 is 0 Å². The van der Waals surface area contributed by atoms with Gasteiger partial charge in [0.25, 0.3) is 0 Å². The second-order valence-corrected chi connectivity index (χ2v) is 5.65. The third-order valence-corrected chi connectivity index (χ3v) is 4.33. The molecule has 0 radical (unpaired) electrons. The first-order chi connectivity index (χ1) is 8.71. The van der Waals surface area contributed by atoms with Crippen molar-refractivity contribution in [2.24, 2.45) is 0 Å². The number of fused-ring (bicyclic) bond motifs is 1. The van der Waals surface area contributed by atoms with Gasteiger partial charge >= 0.3 is 0 Å². The molecule has 96 valence electrons. The molecule has 1 aromatic rings. The third-order valence-electron chi connectivity index (χ3n) is 4.02. The third kappa shape index (κ3) is 1.87. The lowest BCUT2D eigenvalue weighted by Crippen LogP contribution is -2.52. The Labute approximate surface area is 112 Å². The zero-order valence-corrected chi connectivity index (χ0v) is 11.0. The van der Waals surface area contributed by atoms with Crippen LogP contribution in [-0.4, -0.2) is 11.4 Å². The van der Waals surface area contributed by atoms with Crippen LogP contribution in [0.5, 0.6) is 0 Å². The van der Waals surface area contributed by atoms with Crippen LogP contribution in [0.1, 0.15) is 38.5 Å². The molecule has 1 aliphatic carbocycles. The summed E-state index contributed by atoms with van der Waals surface area (Å²) in [4.78, 5) is 12.4. The van der Waals surface area contributed by atoms with E-state index in [1.165, 1.54) is 12.8 Å². The Kier molecular flexibility index (Phi) is 2.94. The first kappa shape index (κ1) is 11.8. The van der Waals surface area contributed by atoms with Gasteiger partial charge in [-0.15, -0.1) is 0 Å². The summed E-state index contributed by atoms with van der Waals surface area (Å²) in [7, 11) is 0. The highest BCUT2D eigenvalue weighted by atomic mass is 35.5. The molecular formula is C14H17ClN2O. The Morgan fingerprint density at radius 3 is 2.56 bits per heavy atom. The molecular weight excluding hydrogens is 248 g/mol. The predicted octanol–water partition coefficient (Wildman–Crippen LogP) is 3.80. The van der Waals surface area contributed by atoms with Crippen LogP contribution in [0, 0.1) is 0 Å². The Morgan fingerprint density at radius 1 is 1.11 bits per heavy atom. The number of anilines is 2. The predicted molar refractivity (Wildman–Crippen MR) is 74.1 cm³/mol. The van der Waals surface area contributed by atoms with Gasteiger partial charge in [-0.05, 0) is 25.0 Å². The van der Waals surface area contributed by atoms with Gasteiger partial charge in [0, 0.05) is 0 Å². The maximum Gasteiger partial charge on any atom is 0.250 e. The summed E-state index contributed by atoms with van der Waals surface area (Å²) in [5.41, 5.74) is 1.22. The molecule has 0 aromatic heterocycles. The Bertz CT molecular complexity index is 479. The van der Waals surface area contributed by atoms with Gasteiger partial charge in [-0.3, -0.25) is 4.79 Å². The fourth-order valence-electron chi connectivity index (χ4n) is 2.98. The van der Waals surface area contributed by atoms with Crippen molar-refractivity contribution in [3.8, 4) is 0 Å². The molecule has 4 heteroatoms. The van der Waals surface area contributed by atoms with Crippen LogP contribution in [0.3, 0.4) is 0 Å². The first-order valence-corrected chi connectivity index (χ1v) is 6.97. The van der Waals surface area contributed by atoms with E-state index in [0.717, 1.165) is 37.1 Å². The van der Waals surface area contributed by atoms with Crippen LogP contribution in [0.2, 0.25) is 5.02 Å². The number of carbonyl (C=O) groups is 1. The molecule has 18 heavy (non-hydrogen) atoms. The summed E-state index contributed by atoms with van der Waals surface area (Å²) in [5.74, 6) is 0.0965. The highest BCUT2D eigenvalue weighted by Gasteiger charge is 2.42. The SMILES string of the molecule is O=C1Nc2cccc(Cl)c2NC12CCCCCC2. The van der Waals surface area contributed by atoms with Gasteiger partial charge in [-0.1, -0.05) is 43.4 Å². The van der Waals surface area contributed by atoms with Crippen LogP contribution in [0.15, 0.2) is 18.2 Å². The largest absolute Gasteiger partial charge is 0.368 e. The number of benzene rings is 1. The molecule has 1 amide bonds. The minimum atomic E-state index is -0.450. The highest BCUT2D eigenvalue weighted by Crippen LogP contribution is 2.41. The summed E-state index contributed by atoms with van der Waals surface area (Å²) < 4.78 is 0. The topological polar surface area (TPSA) is 41.1 Å². The Morgan fingerprint density at radius 2 is 1.83 bits per heavy atom. The summed E-state index contributed by atoms with van der Waals surface area (Å²) in [6.45, 7) is 0. The van der Waals surface area contributed by atoms with Crippen molar-refractivity contribution < 1.29 is 4.79 Å². The number of rotatable bonds is 0. The monoisotopic (exact) mass is 264 g/mol. The average molecular weight is 265 g/mol. The van der Waals surface area contributed by atoms with E-state index in [1.54, 1.807) is 0 Å². The lowest BCUT2D eigenvalue weighted by Gasteiger charge is -2.38. The van der Waals surface area contributed by atoms with Crippen molar-refractivity contribution >= 4 is 28.9 Å². The van der Waals surface area contributed by atoms with Gasteiger partial charge in [0.1, 0.15) is 5.54 Å². The lowest BCUT2D eigenvalue weighted by atomic mass is 9.87. The summed E-state index contributed by atoms with van der Waals surface area (Å²) in [6.07, 6.45) is 6.41. The van der Waals surface area contributed by atoms with Crippen LogP contribution < -0.4 is 10.6 Å². The van der Waals surface area contributed by atoms with E-state index in [2.05, 4.69) is 10.6 Å². The zero-order valence-electron chi connectivity index (χ0n) is 10.3. The number of para-hydroxylation sites is 1. The van der Waals surface area contributed by atoms with E-state index in [4.69, 9.17) is 11.6 Å². The smallest absolute Gasteiger partial charge is 0.250 e. The molecule has 0 saturated heterocycles. The van der Waals surface area contributed by atoms with Gasteiger partial charge < -0.3 is 10.6 Å². The molecule has 1 spiro atoms. The molecule has 3 nitrogen and oxygen atoms in total. The minimum absolute atomic E-state index is 0.0965. The van der Waals surface area contributed by atoms with E-state index in [9.17, 15) is 4.79 Å². The second kappa shape index (κ2) is 4.47. The fourth-order valence-corrected chi connectivity index (χ4v) is 3.20. The maximum absolute atomic E-state index is 12.4. The summed E-state index contributed by atoms with van der Waals surface area (Å²) in [6, 6.07) is 5.60. The van der Waals surface area contributed by atoms with Gasteiger partial charge in [0.15, 0.2) is 0 Å². The van der Waals surface area contributed by atoms with Crippen molar-refractivity contribution in [1.82, 2.24) is 0 Å². The first-order valence-electron chi connectivity index (χ1n) is 6.59. The van der Waals surface area contributed by atoms with Gasteiger partial charge in [-0.2, -0.15) is 0 Å². The molecule has 1 saturated carbocycles. The van der Waals surface area contributed by atoms with E-state index in [-0.39, 0.29) is 5.91 Å². The number of halogens is 1. The van der Waals surface area contributed by atoms with Crippen LogP contribution in [-0.2, 0) is 4.79 Å². The molecule has 0 atom stereocenters. The van der Waals surface area contributed by atoms with Crippen LogP contribution in [0.4, 0.5) is 11.4 Å². The highest BCUT2D eigenvalue weighted by molar-refractivity contribution is 6.34. The Balaban J connectivity index is 1.99. The number of nitrogens with one attached hydrogen (secondary N) is 2. The minimum Gasteiger partial charge on any atom is -0.368 e. The van der Waals surface area contributed by atoms with E-state index in [1.807, 2.05) is 18.2 Å². The van der Waals surface area contributed by atoms with Gasteiger partial charge in [0.2, 0.25) is 5.91 Å². The standard InChI is InChI=1S/C14H17ClN2O/c15-10-6-5-7-11-12(10)17-14(13(18)16-11)8-3-1-2-4-9-14/h5-7,17H,1-4,8-9H2,(H,16,18). The average Bonchev–Trinajstić information content (AvgIpc) is 2.59. The quantitative estimate of drug-likeness (QED) is 0.748. The van der Waals surface area contributed by atoms with Gasteiger partial charge in [-0.25, -0.2) is 0 Å². The van der Waals surface area contributed by atoms with Crippen LogP contribution >= 0.6 is 11.6 Å². The van der Waals surface area contributed by atoms with Gasteiger partial charge in [0.05, 0.1) is 16.4 Å². The van der Waals surface area contributed by atoms with E-state index < -0.39 is 5.54 Å². The van der Waals surface area contributed by atoms with Crippen molar-refractivity contribution in [3.05, 3.63) is 23.2 Å². The fraction of sp³-hybridized carbons (Fsp3) is 0.500. The molecule has 2 N–H and O–H groups in total. The van der Waals surface area contributed by atoms with Crippen molar-refractivity contribution in [2.75, 3.05) is 10.6 Å². The maximum atomic E-state index is 12.4.